The fraction of sp³-hybridized carbons (Fsp3) is 0. The maximum absolute atomic E-state index is 11.9. The van der Waals surface area contributed by atoms with Gasteiger partial charge in [0.15, 0.2) is 5.76 Å². The van der Waals surface area contributed by atoms with Crippen LogP contribution in [0, 0.1) is 0 Å². The lowest BCUT2D eigenvalue weighted by Gasteiger charge is -2.05. The lowest BCUT2D eigenvalue weighted by Crippen LogP contribution is -2.41. The number of amides is 2. The number of carbonyl (C=O) groups is 2. The molecule has 0 unspecified atom stereocenters. The van der Waals surface area contributed by atoms with Crippen molar-refractivity contribution in [3.63, 3.8) is 0 Å². The minimum Gasteiger partial charge on any atom is -0.451 e. The highest BCUT2D eigenvalue weighted by molar-refractivity contribution is 5.99. The normalized spacial score (nSPS) is 10.3. The summed E-state index contributed by atoms with van der Waals surface area (Å²) in [5.41, 5.74) is 5.75. The first-order valence-corrected chi connectivity index (χ1v) is 6.38. The van der Waals surface area contributed by atoms with Crippen LogP contribution in [0.15, 0.2) is 65.1 Å². The van der Waals surface area contributed by atoms with Crippen molar-refractivity contribution in [3.05, 3.63) is 72.0 Å². The smallest absolute Gasteiger partial charge is 0.305 e. The van der Waals surface area contributed by atoms with Gasteiger partial charge in [-0.3, -0.25) is 20.4 Å². The van der Waals surface area contributed by atoms with Gasteiger partial charge in [0, 0.05) is 10.9 Å². The van der Waals surface area contributed by atoms with Crippen molar-refractivity contribution in [1.82, 2.24) is 10.9 Å². The topological polar surface area (TPSA) is 71.3 Å². The summed E-state index contributed by atoms with van der Waals surface area (Å²) >= 11 is 0. The molecule has 5 nitrogen and oxygen atoms in total. The molecule has 2 amide bonds. The molecule has 0 saturated carbocycles. The average molecular weight is 280 g/mol. The summed E-state index contributed by atoms with van der Waals surface area (Å²) in [4.78, 5) is 23.7. The van der Waals surface area contributed by atoms with Gasteiger partial charge < -0.3 is 4.42 Å². The van der Waals surface area contributed by atoms with E-state index in [9.17, 15) is 9.59 Å². The monoisotopic (exact) mass is 280 g/mol. The summed E-state index contributed by atoms with van der Waals surface area (Å²) < 4.78 is 5.40. The molecule has 0 atom stereocenters. The molecule has 0 spiro atoms. The molecule has 3 rings (SSSR count). The van der Waals surface area contributed by atoms with E-state index in [1.54, 1.807) is 36.4 Å². The minimum atomic E-state index is -0.504. The van der Waals surface area contributed by atoms with Crippen LogP contribution < -0.4 is 10.9 Å². The van der Waals surface area contributed by atoms with Gasteiger partial charge in [-0.15, -0.1) is 0 Å². The zero-order chi connectivity index (χ0) is 14.7. The SMILES string of the molecule is O=C(NNC(=O)c1cc2ccccc2o1)c1ccccc1. The Morgan fingerprint density at radius 1 is 0.810 bits per heavy atom. The van der Waals surface area contributed by atoms with Crippen LogP contribution in [0.4, 0.5) is 0 Å². The van der Waals surface area contributed by atoms with Crippen LogP contribution >= 0.6 is 0 Å². The summed E-state index contributed by atoms with van der Waals surface area (Å²) in [5, 5.41) is 0.831. The van der Waals surface area contributed by atoms with Crippen LogP contribution in [0.2, 0.25) is 0 Å². The standard InChI is InChI=1S/C16H12N2O3/c19-15(11-6-2-1-3-7-11)17-18-16(20)14-10-12-8-4-5-9-13(12)21-14/h1-10H,(H,17,19)(H,18,20). The Kier molecular flexibility index (Phi) is 3.39. The van der Waals surface area contributed by atoms with E-state index in [2.05, 4.69) is 10.9 Å². The molecule has 2 aromatic carbocycles. The molecule has 3 aromatic rings. The van der Waals surface area contributed by atoms with Crippen molar-refractivity contribution in [2.45, 2.75) is 0 Å². The van der Waals surface area contributed by atoms with Gasteiger partial charge in [0.25, 0.3) is 5.91 Å². The second kappa shape index (κ2) is 5.50. The molecule has 21 heavy (non-hydrogen) atoms. The first-order chi connectivity index (χ1) is 10.2. The molecule has 0 fully saturated rings. The highest BCUT2D eigenvalue weighted by Gasteiger charge is 2.13. The van der Waals surface area contributed by atoms with Gasteiger partial charge in [-0.25, -0.2) is 0 Å². The predicted octanol–water partition coefficient (Wildman–Crippen LogP) is 2.51. The number of hydrogen-bond acceptors (Lipinski definition) is 3. The van der Waals surface area contributed by atoms with Crippen LogP contribution in [0.5, 0.6) is 0 Å². The lowest BCUT2D eigenvalue weighted by molar-refractivity contribution is 0.0832. The zero-order valence-corrected chi connectivity index (χ0v) is 11.0. The quantitative estimate of drug-likeness (QED) is 0.708. The molecular formula is C16H12N2O3. The van der Waals surface area contributed by atoms with E-state index in [1.807, 2.05) is 24.3 Å². The third-order valence-corrected chi connectivity index (χ3v) is 2.97. The van der Waals surface area contributed by atoms with Crippen LogP contribution in [0.25, 0.3) is 11.0 Å². The maximum Gasteiger partial charge on any atom is 0.305 e. The van der Waals surface area contributed by atoms with Crippen molar-refractivity contribution in [3.8, 4) is 0 Å². The lowest BCUT2D eigenvalue weighted by atomic mass is 10.2. The highest BCUT2D eigenvalue weighted by Crippen LogP contribution is 2.18. The Hall–Kier alpha value is -3.08. The van der Waals surface area contributed by atoms with E-state index < -0.39 is 5.91 Å². The minimum absolute atomic E-state index is 0.143. The number of carbonyl (C=O) groups excluding carboxylic acids is 2. The summed E-state index contributed by atoms with van der Waals surface area (Å²) in [7, 11) is 0. The Morgan fingerprint density at radius 2 is 1.48 bits per heavy atom. The van der Waals surface area contributed by atoms with Gasteiger partial charge in [-0.05, 0) is 24.3 Å². The Labute approximate surface area is 120 Å². The second-order valence-electron chi connectivity index (χ2n) is 4.42. The number of para-hydroxylation sites is 1. The summed E-state index contributed by atoms with van der Waals surface area (Å²) in [6.45, 7) is 0. The number of hydrazine groups is 1. The Morgan fingerprint density at radius 3 is 2.24 bits per heavy atom. The van der Waals surface area contributed by atoms with Crippen LogP contribution in [-0.4, -0.2) is 11.8 Å². The number of benzene rings is 2. The summed E-state index contributed by atoms with van der Waals surface area (Å²) in [5.74, 6) is -0.750. The van der Waals surface area contributed by atoms with E-state index in [4.69, 9.17) is 4.42 Å². The molecule has 0 bridgehead atoms. The number of fused-ring (bicyclic) bond motifs is 1. The Balaban J connectivity index is 1.68. The van der Waals surface area contributed by atoms with Crippen LogP contribution in [0.3, 0.4) is 0 Å². The number of furan rings is 1. The van der Waals surface area contributed by atoms with E-state index in [1.165, 1.54) is 0 Å². The average Bonchev–Trinajstić information content (AvgIpc) is 2.97. The Bertz CT molecular complexity index is 760. The van der Waals surface area contributed by atoms with Gasteiger partial charge >= 0.3 is 5.91 Å². The van der Waals surface area contributed by atoms with E-state index in [0.29, 0.717) is 11.1 Å². The molecule has 1 aromatic heterocycles. The molecule has 5 heteroatoms. The number of rotatable bonds is 2. The fourth-order valence-corrected chi connectivity index (χ4v) is 1.93. The van der Waals surface area contributed by atoms with Crippen molar-refractivity contribution < 1.29 is 14.0 Å². The van der Waals surface area contributed by atoms with E-state index in [0.717, 1.165) is 5.39 Å². The molecule has 0 aliphatic heterocycles. The zero-order valence-electron chi connectivity index (χ0n) is 11.0. The van der Waals surface area contributed by atoms with Crippen LogP contribution in [0.1, 0.15) is 20.9 Å². The summed E-state index contributed by atoms with van der Waals surface area (Å²) in [6, 6.07) is 17.5. The molecular weight excluding hydrogens is 268 g/mol. The van der Waals surface area contributed by atoms with Crippen molar-refractivity contribution in [2.75, 3.05) is 0 Å². The van der Waals surface area contributed by atoms with Crippen molar-refractivity contribution >= 4 is 22.8 Å². The first-order valence-electron chi connectivity index (χ1n) is 6.38. The predicted molar refractivity (Wildman–Crippen MR) is 77.6 cm³/mol. The second-order valence-corrected chi connectivity index (χ2v) is 4.42. The van der Waals surface area contributed by atoms with E-state index in [-0.39, 0.29) is 11.7 Å². The van der Waals surface area contributed by atoms with Gasteiger partial charge in [-0.2, -0.15) is 0 Å². The molecule has 1 heterocycles. The molecule has 0 saturated heterocycles. The third kappa shape index (κ3) is 2.76. The highest BCUT2D eigenvalue weighted by atomic mass is 16.3. The van der Waals surface area contributed by atoms with Gasteiger partial charge in [0.1, 0.15) is 5.58 Å². The number of nitrogens with one attached hydrogen (secondary N) is 2. The maximum atomic E-state index is 11.9. The van der Waals surface area contributed by atoms with Gasteiger partial charge in [0.05, 0.1) is 0 Å². The molecule has 2 N–H and O–H groups in total. The van der Waals surface area contributed by atoms with Crippen molar-refractivity contribution in [2.24, 2.45) is 0 Å². The van der Waals surface area contributed by atoms with E-state index >= 15 is 0 Å². The van der Waals surface area contributed by atoms with Gasteiger partial charge in [0.2, 0.25) is 0 Å². The summed E-state index contributed by atoms with van der Waals surface area (Å²) in [6.07, 6.45) is 0. The molecule has 0 aliphatic carbocycles. The third-order valence-electron chi connectivity index (χ3n) is 2.97. The van der Waals surface area contributed by atoms with Gasteiger partial charge in [-0.1, -0.05) is 36.4 Å². The first kappa shape index (κ1) is 12.9. The largest absolute Gasteiger partial charge is 0.451 e. The molecule has 104 valence electrons. The van der Waals surface area contributed by atoms with Crippen molar-refractivity contribution in [1.29, 1.82) is 0 Å². The number of hydrogen-bond donors (Lipinski definition) is 2. The molecule has 0 radical (unpaired) electrons. The van der Waals surface area contributed by atoms with Crippen LogP contribution in [-0.2, 0) is 0 Å². The fourth-order valence-electron chi connectivity index (χ4n) is 1.93. The molecule has 0 aliphatic rings.